The molecule has 1 aromatic heterocycles. The first-order chi connectivity index (χ1) is 10.2. The molecule has 2 nitrogen and oxygen atoms in total. The topological polar surface area (TPSA) is 29.1 Å². The third-order valence-electron chi connectivity index (χ3n) is 2.99. The SMILES string of the molecule is O=C(Nc1ccc(Cl)cc1)c1ccc(-c2ccccc2)s1. The minimum Gasteiger partial charge on any atom is -0.321 e. The first kappa shape index (κ1) is 13.9. The maximum absolute atomic E-state index is 12.2. The van der Waals surface area contributed by atoms with Gasteiger partial charge in [-0.3, -0.25) is 4.79 Å². The van der Waals surface area contributed by atoms with Crippen LogP contribution in [0.2, 0.25) is 5.02 Å². The summed E-state index contributed by atoms with van der Waals surface area (Å²) in [5.74, 6) is -0.107. The number of anilines is 1. The molecular formula is C17H12ClNOS. The molecule has 4 heteroatoms. The molecule has 0 saturated heterocycles. The lowest BCUT2D eigenvalue weighted by molar-refractivity contribution is 0.103. The number of halogens is 1. The summed E-state index contributed by atoms with van der Waals surface area (Å²) in [5.41, 5.74) is 1.85. The number of thiophene rings is 1. The van der Waals surface area contributed by atoms with Gasteiger partial charge < -0.3 is 5.32 Å². The zero-order valence-electron chi connectivity index (χ0n) is 11.0. The molecule has 0 bridgehead atoms. The highest BCUT2D eigenvalue weighted by Gasteiger charge is 2.10. The molecule has 0 unspecified atom stereocenters. The molecule has 3 rings (SSSR count). The summed E-state index contributed by atoms with van der Waals surface area (Å²) < 4.78 is 0. The molecule has 0 radical (unpaired) electrons. The van der Waals surface area contributed by atoms with Crippen LogP contribution in [0.4, 0.5) is 5.69 Å². The minimum absolute atomic E-state index is 0.107. The zero-order valence-corrected chi connectivity index (χ0v) is 12.6. The van der Waals surface area contributed by atoms with Gasteiger partial charge in [0.2, 0.25) is 0 Å². The Kier molecular flexibility index (Phi) is 4.04. The van der Waals surface area contributed by atoms with Crippen LogP contribution in [-0.2, 0) is 0 Å². The highest BCUT2D eigenvalue weighted by Crippen LogP contribution is 2.28. The van der Waals surface area contributed by atoms with Gasteiger partial charge in [0.1, 0.15) is 0 Å². The standard InChI is InChI=1S/C17H12ClNOS/c18-13-6-8-14(9-7-13)19-17(20)16-11-10-15(21-16)12-4-2-1-3-5-12/h1-11H,(H,19,20). The number of nitrogens with one attached hydrogen (secondary N) is 1. The van der Waals surface area contributed by atoms with E-state index < -0.39 is 0 Å². The van der Waals surface area contributed by atoms with E-state index in [9.17, 15) is 4.79 Å². The molecule has 0 aliphatic rings. The number of carbonyl (C=O) groups is 1. The molecule has 0 aliphatic carbocycles. The lowest BCUT2D eigenvalue weighted by Crippen LogP contribution is -2.09. The van der Waals surface area contributed by atoms with Gasteiger partial charge in [0.05, 0.1) is 4.88 Å². The fourth-order valence-corrected chi connectivity index (χ4v) is 2.98. The molecule has 0 spiro atoms. The van der Waals surface area contributed by atoms with Crippen molar-refractivity contribution in [3.63, 3.8) is 0 Å². The molecule has 1 amide bonds. The lowest BCUT2D eigenvalue weighted by Gasteiger charge is -2.03. The lowest BCUT2D eigenvalue weighted by atomic mass is 10.2. The Labute approximate surface area is 132 Å². The molecule has 0 fully saturated rings. The van der Waals surface area contributed by atoms with Crippen molar-refractivity contribution in [2.24, 2.45) is 0 Å². The van der Waals surface area contributed by atoms with Gasteiger partial charge in [-0.15, -0.1) is 11.3 Å². The van der Waals surface area contributed by atoms with Crippen molar-refractivity contribution < 1.29 is 4.79 Å². The average Bonchev–Trinajstić information content (AvgIpc) is 3.00. The Hall–Kier alpha value is -2.10. The van der Waals surface area contributed by atoms with E-state index in [1.807, 2.05) is 42.5 Å². The van der Waals surface area contributed by atoms with Crippen LogP contribution >= 0.6 is 22.9 Å². The number of carbonyl (C=O) groups excluding carboxylic acids is 1. The summed E-state index contributed by atoms with van der Waals surface area (Å²) in [4.78, 5) is 14.0. The van der Waals surface area contributed by atoms with E-state index in [2.05, 4.69) is 5.32 Å². The smallest absolute Gasteiger partial charge is 0.265 e. The van der Waals surface area contributed by atoms with Crippen molar-refractivity contribution in [1.29, 1.82) is 0 Å². The Morgan fingerprint density at radius 3 is 2.33 bits per heavy atom. The summed E-state index contributed by atoms with van der Waals surface area (Å²) in [5, 5.41) is 3.51. The van der Waals surface area contributed by atoms with Gasteiger partial charge >= 0.3 is 0 Å². The van der Waals surface area contributed by atoms with Crippen molar-refractivity contribution in [3.05, 3.63) is 76.6 Å². The third-order valence-corrected chi connectivity index (χ3v) is 4.38. The number of rotatable bonds is 3. The van der Waals surface area contributed by atoms with Crippen LogP contribution in [0, 0.1) is 0 Å². The second-order valence-electron chi connectivity index (χ2n) is 4.49. The van der Waals surface area contributed by atoms with Crippen LogP contribution in [0.1, 0.15) is 9.67 Å². The predicted octanol–water partition coefficient (Wildman–Crippen LogP) is 5.32. The first-order valence-corrected chi connectivity index (χ1v) is 7.64. The molecule has 104 valence electrons. The largest absolute Gasteiger partial charge is 0.321 e. The van der Waals surface area contributed by atoms with Crippen LogP contribution in [-0.4, -0.2) is 5.91 Å². The van der Waals surface area contributed by atoms with E-state index in [1.165, 1.54) is 11.3 Å². The van der Waals surface area contributed by atoms with Crippen molar-refractivity contribution in [2.45, 2.75) is 0 Å². The maximum Gasteiger partial charge on any atom is 0.265 e. The fourth-order valence-electron chi connectivity index (χ4n) is 1.94. The van der Waals surface area contributed by atoms with Crippen molar-refractivity contribution in [1.82, 2.24) is 0 Å². The summed E-state index contributed by atoms with van der Waals surface area (Å²) in [6.45, 7) is 0. The van der Waals surface area contributed by atoms with E-state index in [0.29, 0.717) is 9.90 Å². The molecular weight excluding hydrogens is 302 g/mol. The van der Waals surface area contributed by atoms with Crippen LogP contribution in [0.5, 0.6) is 0 Å². The second kappa shape index (κ2) is 6.12. The normalized spacial score (nSPS) is 10.3. The van der Waals surface area contributed by atoms with Gasteiger partial charge in [-0.1, -0.05) is 41.9 Å². The molecule has 21 heavy (non-hydrogen) atoms. The molecule has 1 heterocycles. The fraction of sp³-hybridized carbons (Fsp3) is 0. The molecule has 2 aromatic carbocycles. The van der Waals surface area contributed by atoms with Crippen LogP contribution in [0.25, 0.3) is 10.4 Å². The summed E-state index contributed by atoms with van der Waals surface area (Å²) in [6, 6.07) is 20.9. The monoisotopic (exact) mass is 313 g/mol. The zero-order chi connectivity index (χ0) is 14.7. The van der Waals surface area contributed by atoms with Gasteiger partial charge in [0.15, 0.2) is 0 Å². The number of hydrogen-bond donors (Lipinski definition) is 1. The molecule has 0 saturated carbocycles. The Bertz CT molecular complexity index is 750. The van der Waals surface area contributed by atoms with Crippen molar-refractivity contribution in [2.75, 3.05) is 5.32 Å². The molecule has 0 atom stereocenters. The second-order valence-corrected chi connectivity index (χ2v) is 6.01. The summed E-state index contributed by atoms with van der Waals surface area (Å²) in [7, 11) is 0. The van der Waals surface area contributed by atoms with Crippen LogP contribution < -0.4 is 5.32 Å². The predicted molar refractivity (Wildman–Crippen MR) is 89.2 cm³/mol. The highest BCUT2D eigenvalue weighted by atomic mass is 35.5. The Morgan fingerprint density at radius 2 is 1.62 bits per heavy atom. The first-order valence-electron chi connectivity index (χ1n) is 6.44. The molecule has 3 aromatic rings. The summed E-state index contributed by atoms with van der Waals surface area (Å²) in [6.07, 6.45) is 0. The maximum atomic E-state index is 12.2. The van der Waals surface area contributed by atoms with Crippen LogP contribution in [0.15, 0.2) is 66.7 Å². The average molecular weight is 314 g/mol. The quantitative estimate of drug-likeness (QED) is 0.696. The number of amides is 1. The van der Waals surface area contributed by atoms with E-state index in [-0.39, 0.29) is 5.91 Å². The number of hydrogen-bond acceptors (Lipinski definition) is 2. The van der Waals surface area contributed by atoms with Gasteiger partial charge in [-0.2, -0.15) is 0 Å². The van der Waals surface area contributed by atoms with E-state index in [0.717, 1.165) is 16.1 Å². The van der Waals surface area contributed by atoms with Gasteiger partial charge in [-0.05, 0) is 42.0 Å². The van der Waals surface area contributed by atoms with E-state index >= 15 is 0 Å². The Balaban J connectivity index is 1.77. The highest BCUT2D eigenvalue weighted by molar-refractivity contribution is 7.17. The molecule has 1 N–H and O–H groups in total. The number of benzene rings is 2. The summed E-state index contributed by atoms with van der Waals surface area (Å²) >= 11 is 7.30. The van der Waals surface area contributed by atoms with Crippen LogP contribution in [0.3, 0.4) is 0 Å². The van der Waals surface area contributed by atoms with Gasteiger partial charge in [0, 0.05) is 15.6 Å². The van der Waals surface area contributed by atoms with Gasteiger partial charge in [0.25, 0.3) is 5.91 Å². The van der Waals surface area contributed by atoms with Crippen molar-refractivity contribution >= 4 is 34.5 Å². The van der Waals surface area contributed by atoms with Gasteiger partial charge in [-0.25, -0.2) is 0 Å². The van der Waals surface area contributed by atoms with E-state index in [4.69, 9.17) is 11.6 Å². The van der Waals surface area contributed by atoms with E-state index in [1.54, 1.807) is 24.3 Å². The Morgan fingerprint density at radius 1 is 0.905 bits per heavy atom. The third kappa shape index (κ3) is 3.32. The van der Waals surface area contributed by atoms with Crippen molar-refractivity contribution in [3.8, 4) is 10.4 Å². The minimum atomic E-state index is -0.107. The molecule has 0 aliphatic heterocycles.